The molecule has 2 aromatic carbocycles. The molecule has 0 bridgehead atoms. The number of carboxylic acids is 1. The second-order valence-corrected chi connectivity index (χ2v) is 12.9. The lowest BCUT2D eigenvalue weighted by atomic mass is 9.76. The Hall–Kier alpha value is -3.72. The van der Waals surface area contributed by atoms with Gasteiger partial charge in [-0.15, -0.1) is 0 Å². The van der Waals surface area contributed by atoms with Crippen molar-refractivity contribution in [1.29, 1.82) is 5.26 Å². The number of aliphatic hydroxyl groups excluding tert-OH is 1. The van der Waals surface area contributed by atoms with Crippen LogP contribution in [-0.2, 0) is 22.7 Å². The maximum absolute atomic E-state index is 11.8. The van der Waals surface area contributed by atoms with Gasteiger partial charge in [-0.05, 0) is 55.2 Å². The lowest BCUT2D eigenvalue weighted by molar-refractivity contribution is -0.145. The number of nitriles is 1. The van der Waals surface area contributed by atoms with E-state index in [1.54, 1.807) is 24.4 Å². The summed E-state index contributed by atoms with van der Waals surface area (Å²) in [4.78, 5) is 15.9. The van der Waals surface area contributed by atoms with Gasteiger partial charge in [0.05, 0.1) is 17.2 Å². The van der Waals surface area contributed by atoms with Gasteiger partial charge in [-0.2, -0.15) is 5.26 Å². The zero-order valence-electron chi connectivity index (χ0n) is 26.6. The molecule has 0 aliphatic heterocycles. The van der Waals surface area contributed by atoms with Crippen LogP contribution >= 0.6 is 27.5 Å². The Balaban J connectivity index is 1.65. The number of allylic oxidation sites excluding steroid dienone is 2. The lowest BCUT2D eigenvalue weighted by Gasteiger charge is -2.40. The second-order valence-electron chi connectivity index (χ2n) is 11.7. The second kappa shape index (κ2) is 16.4. The fraction of sp³-hybridized carbons (Fsp3) is 0.361. The minimum absolute atomic E-state index is 0.0269. The predicted octanol–water partition coefficient (Wildman–Crippen LogP) is 6.63. The highest BCUT2D eigenvalue weighted by molar-refractivity contribution is 9.09. The number of benzene rings is 2. The number of carbonyl (C=O) groups is 1. The molecular formula is C36H39BrClN3O6. The first-order chi connectivity index (χ1) is 22.6. The molecule has 0 saturated heterocycles. The summed E-state index contributed by atoms with van der Waals surface area (Å²) in [7, 11) is 0. The number of hydrogen-bond donors (Lipinski definition) is 3. The smallest absolute Gasteiger partial charge is 0.326 e. The Morgan fingerprint density at radius 2 is 2.00 bits per heavy atom. The van der Waals surface area contributed by atoms with Crippen molar-refractivity contribution < 1.29 is 29.2 Å². The SMILES string of the molecule is Cc1ccccc1C1=CC=CC(COc2cc(OCc3cncc(C#N)c3)c(CNC(C)(CO)C(=O)O)cc2Cl)(OCCCBr)C1C. The Labute approximate surface area is 289 Å². The van der Waals surface area contributed by atoms with Gasteiger partial charge in [0, 0.05) is 54.0 Å². The van der Waals surface area contributed by atoms with E-state index in [4.69, 9.17) is 25.8 Å². The van der Waals surface area contributed by atoms with E-state index in [9.17, 15) is 20.3 Å². The molecule has 1 heterocycles. The van der Waals surface area contributed by atoms with Crippen LogP contribution in [0.3, 0.4) is 0 Å². The third kappa shape index (κ3) is 8.80. The predicted molar refractivity (Wildman–Crippen MR) is 185 cm³/mol. The van der Waals surface area contributed by atoms with Crippen molar-refractivity contribution in [2.45, 2.75) is 51.5 Å². The molecule has 3 unspecified atom stereocenters. The summed E-state index contributed by atoms with van der Waals surface area (Å²) < 4.78 is 19.2. The molecule has 9 nitrogen and oxygen atoms in total. The molecule has 1 aromatic heterocycles. The average molecular weight is 725 g/mol. The fourth-order valence-corrected chi connectivity index (χ4v) is 5.69. The summed E-state index contributed by atoms with van der Waals surface area (Å²) in [5.74, 6) is -0.527. The van der Waals surface area contributed by atoms with Crippen LogP contribution in [0.5, 0.6) is 11.5 Å². The molecule has 0 radical (unpaired) electrons. The highest BCUT2D eigenvalue weighted by atomic mass is 79.9. The van der Waals surface area contributed by atoms with Crippen molar-refractivity contribution in [3.05, 3.63) is 106 Å². The molecule has 11 heteroatoms. The van der Waals surface area contributed by atoms with Gasteiger partial charge in [-0.3, -0.25) is 15.1 Å². The average Bonchev–Trinajstić information content (AvgIpc) is 3.07. The number of alkyl halides is 1. The molecule has 248 valence electrons. The quantitative estimate of drug-likeness (QED) is 0.110. The molecule has 0 saturated carbocycles. The van der Waals surface area contributed by atoms with Crippen LogP contribution in [0.2, 0.25) is 5.02 Å². The number of hydrogen-bond acceptors (Lipinski definition) is 8. The fourth-order valence-electron chi connectivity index (χ4n) is 5.22. The van der Waals surface area contributed by atoms with E-state index in [1.165, 1.54) is 18.7 Å². The van der Waals surface area contributed by atoms with E-state index < -0.39 is 23.7 Å². The zero-order valence-corrected chi connectivity index (χ0v) is 29.0. The van der Waals surface area contributed by atoms with Crippen LogP contribution < -0.4 is 14.8 Å². The highest BCUT2D eigenvalue weighted by Gasteiger charge is 2.40. The number of aryl methyl sites for hydroxylation is 1. The minimum atomic E-state index is -1.59. The van der Waals surface area contributed by atoms with Gasteiger partial charge < -0.3 is 24.4 Å². The Morgan fingerprint density at radius 1 is 1.21 bits per heavy atom. The largest absolute Gasteiger partial charge is 0.489 e. The number of pyridine rings is 1. The van der Waals surface area contributed by atoms with Gasteiger partial charge in [0.2, 0.25) is 0 Å². The maximum Gasteiger partial charge on any atom is 0.326 e. The molecule has 1 aliphatic rings. The molecular weight excluding hydrogens is 686 g/mol. The van der Waals surface area contributed by atoms with Crippen molar-refractivity contribution in [3.63, 3.8) is 0 Å². The first-order valence-electron chi connectivity index (χ1n) is 15.2. The summed E-state index contributed by atoms with van der Waals surface area (Å²) >= 11 is 10.3. The van der Waals surface area contributed by atoms with Crippen molar-refractivity contribution >= 4 is 39.1 Å². The van der Waals surface area contributed by atoms with Crippen molar-refractivity contribution in [3.8, 4) is 17.6 Å². The first kappa shape index (κ1) is 36.1. The topological polar surface area (TPSA) is 134 Å². The summed E-state index contributed by atoms with van der Waals surface area (Å²) in [6.07, 6.45) is 10.0. The van der Waals surface area contributed by atoms with Gasteiger partial charge >= 0.3 is 5.97 Å². The molecule has 0 fully saturated rings. The summed E-state index contributed by atoms with van der Waals surface area (Å²) in [5, 5.41) is 32.7. The number of carboxylic acid groups (broad SMARTS) is 1. The lowest BCUT2D eigenvalue weighted by Crippen LogP contribution is -2.52. The van der Waals surface area contributed by atoms with Crippen LogP contribution in [0.25, 0.3) is 5.57 Å². The number of aliphatic hydroxyl groups is 1. The number of rotatable bonds is 16. The van der Waals surface area contributed by atoms with Crippen molar-refractivity contribution in [2.24, 2.45) is 5.92 Å². The zero-order chi connectivity index (χ0) is 34.0. The molecule has 47 heavy (non-hydrogen) atoms. The first-order valence-corrected chi connectivity index (χ1v) is 16.7. The van der Waals surface area contributed by atoms with E-state index in [-0.39, 0.29) is 25.7 Å². The monoisotopic (exact) mass is 723 g/mol. The van der Waals surface area contributed by atoms with Gasteiger partial charge in [-0.25, -0.2) is 0 Å². The Kier molecular flexibility index (Phi) is 12.6. The Bertz CT molecular complexity index is 1670. The molecule has 4 rings (SSSR count). The number of aromatic nitrogens is 1. The molecule has 1 aliphatic carbocycles. The summed E-state index contributed by atoms with van der Waals surface area (Å²) in [5.41, 5.74) is 2.68. The van der Waals surface area contributed by atoms with Crippen molar-refractivity contribution in [1.82, 2.24) is 10.3 Å². The highest BCUT2D eigenvalue weighted by Crippen LogP contribution is 2.41. The maximum atomic E-state index is 11.8. The molecule has 3 N–H and O–H groups in total. The molecule has 3 atom stereocenters. The van der Waals surface area contributed by atoms with E-state index >= 15 is 0 Å². The van der Waals surface area contributed by atoms with Gasteiger partial charge in [0.15, 0.2) is 0 Å². The summed E-state index contributed by atoms with van der Waals surface area (Å²) in [6, 6.07) is 15.3. The number of nitrogens with zero attached hydrogens (tertiary/aromatic N) is 2. The number of ether oxygens (including phenoxy) is 3. The normalized spacial score (nSPS) is 18.6. The van der Waals surface area contributed by atoms with E-state index in [0.29, 0.717) is 39.8 Å². The van der Waals surface area contributed by atoms with E-state index in [2.05, 4.69) is 64.4 Å². The Morgan fingerprint density at radius 3 is 2.70 bits per heavy atom. The van der Waals surface area contributed by atoms with Crippen LogP contribution in [0.4, 0.5) is 0 Å². The van der Waals surface area contributed by atoms with Crippen LogP contribution in [0.15, 0.2) is 73.1 Å². The molecule has 3 aromatic rings. The van der Waals surface area contributed by atoms with E-state index in [1.807, 2.05) is 24.3 Å². The third-order valence-electron chi connectivity index (χ3n) is 8.30. The summed E-state index contributed by atoms with van der Waals surface area (Å²) in [6.45, 7) is 5.77. The van der Waals surface area contributed by atoms with Gasteiger partial charge in [0.1, 0.15) is 41.9 Å². The van der Waals surface area contributed by atoms with E-state index in [0.717, 1.165) is 22.9 Å². The van der Waals surface area contributed by atoms with Crippen LogP contribution in [0.1, 0.15) is 48.1 Å². The number of nitrogens with one attached hydrogen (secondary N) is 1. The standard InChI is InChI=1S/C36H39BrClN3O6/c1-24-8-4-5-9-29(24)30-10-6-11-36(25(30)2,47-13-7-12-37)23-46-33-16-32(45-21-27-14-26(17-39)18-40-19-27)28(15-31(33)38)20-41-35(3,22-42)34(43)44/h4-6,8-11,14-16,18-19,25,41-42H,7,12-13,20-23H2,1-3H3,(H,43,44). The van der Waals surface area contributed by atoms with Crippen LogP contribution in [0, 0.1) is 24.2 Å². The minimum Gasteiger partial charge on any atom is -0.489 e. The number of aliphatic carboxylic acids is 1. The number of halogens is 2. The van der Waals surface area contributed by atoms with Gasteiger partial charge in [-0.1, -0.05) is 70.9 Å². The molecule has 0 amide bonds. The third-order valence-corrected chi connectivity index (χ3v) is 9.16. The van der Waals surface area contributed by atoms with Crippen molar-refractivity contribution in [2.75, 3.05) is 25.2 Å². The molecule has 0 spiro atoms. The van der Waals surface area contributed by atoms with Gasteiger partial charge in [0.25, 0.3) is 0 Å². The van der Waals surface area contributed by atoms with Crippen LogP contribution in [-0.4, -0.2) is 57.5 Å².